The Hall–Kier alpha value is -4.41. The van der Waals surface area contributed by atoms with E-state index < -0.39 is 17.8 Å². The molecule has 0 saturated carbocycles. The standard InChI is InChI=1S/C24H20F3N5O3/c1-3-34-21-8-5-15-11-18(14-4-7-19(28)16(10-14)12-29-2)23(33)32(22(15)31-21)17-6-9-20(30-13-17)35-24(25,26)27/h4-13,28-29H,3H2,1-2H3/b16-12-,28-19?. The summed E-state index contributed by atoms with van der Waals surface area (Å²) in [6.07, 6.45) is 2.79. The van der Waals surface area contributed by atoms with Gasteiger partial charge in [-0.2, -0.15) is 4.98 Å². The number of fused-ring (bicyclic) bond motifs is 1. The molecule has 0 unspecified atom stereocenters. The number of hydrogen-bond acceptors (Lipinski definition) is 7. The summed E-state index contributed by atoms with van der Waals surface area (Å²) in [5.41, 5.74) is 1.68. The second-order valence-electron chi connectivity index (χ2n) is 7.33. The Morgan fingerprint density at radius 3 is 2.60 bits per heavy atom. The monoisotopic (exact) mass is 483 g/mol. The number of nitrogens with zero attached hydrogens (tertiary/aromatic N) is 3. The molecule has 11 heteroatoms. The van der Waals surface area contributed by atoms with Gasteiger partial charge in [-0.3, -0.25) is 9.36 Å². The third-order valence-electron chi connectivity index (χ3n) is 4.98. The summed E-state index contributed by atoms with van der Waals surface area (Å²) in [4.78, 5) is 21.8. The second kappa shape index (κ2) is 9.45. The van der Waals surface area contributed by atoms with Crippen molar-refractivity contribution in [3.05, 3.63) is 82.4 Å². The van der Waals surface area contributed by atoms with Crippen LogP contribution in [-0.4, -0.2) is 40.3 Å². The SMILES string of the molecule is CCOc1ccc2cc(C3=C/C(=C/NC)C(=N)C=C3)c(=O)n(-c3ccc(OC(F)(F)F)nc3)c2n1. The maximum Gasteiger partial charge on any atom is 0.574 e. The van der Waals surface area contributed by atoms with Crippen molar-refractivity contribution in [2.75, 3.05) is 13.7 Å². The molecule has 0 amide bonds. The zero-order valence-corrected chi connectivity index (χ0v) is 18.7. The summed E-state index contributed by atoms with van der Waals surface area (Å²) in [5.74, 6) is -0.369. The molecule has 0 aliphatic heterocycles. The zero-order chi connectivity index (χ0) is 25.2. The molecule has 0 spiro atoms. The Labute approximate surface area is 197 Å². The second-order valence-corrected chi connectivity index (χ2v) is 7.33. The molecule has 0 fully saturated rings. The summed E-state index contributed by atoms with van der Waals surface area (Å²) in [6.45, 7) is 2.15. The van der Waals surface area contributed by atoms with Crippen molar-refractivity contribution in [1.82, 2.24) is 19.9 Å². The first-order valence-corrected chi connectivity index (χ1v) is 10.5. The van der Waals surface area contributed by atoms with Gasteiger partial charge in [0.2, 0.25) is 11.8 Å². The minimum Gasteiger partial charge on any atom is -0.478 e. The van der Waals surface area contributed by atoms with Gasteiger partial charge in [0, 0.05) is 41.9 Å². The van der Waals surface area contributed by atoms with E-state index in [0.717, 1.165) is 12.3 Å². The lowest BCUT2D eigenvalue weighted by Crippen LogP contribution is -2.24. The van der Waals surface area contributed by atoms with E-state index in [-0.39, 0.29) is 22.9 Å². The fraction of sp³-hybridized carbons (Fsp3) is 0.167. The number of rotatable bonds is 6. The molecule has 8 nitrogen and oxygen atoms in total. The first-order valence-electron chi connectivity index (χ1n) is 10.5. The van der Waals surface area contributed by atoms with E-state index in [0.29, 0.717) is 28.7 Å². The Balaban J connectivity index is 1.93. The highest BCUT2D eigenvalue weighted by Crippen LogP contribution is 2.27. The van der Waals surface area contributed by atoms with E-state index in [4.69, 9.17) is 10.1 Å². The van der Waals surface area contributed by atoms with E-state index in [1.165, 1.54) is 10.6 Å². The average molecular weight is 483 g/mol. The third kappa shape index (κ3) is 5.08. The van der Waals surface area contributed by atoms with Crippen LogP contribution < -0.4 is 20.3 Å². The number of nitrogens with one attached hydrogen (secondary N) is 2. The van der Waals surface area contributed by atoms with Crippen LogP contribution in [-0.2, 0) is 0 Å². The van der Waals surface area contributed by atoms with Gasteiger partial charge in [0.15, 0.2) is 5.65 Å². The molecule has 0 radical (unpaired) electrons. The fourth-order valence-corrected chi connectivity index (χ4v) is 3.53. The number of ether oxygens (including phenoxy) is 2. The normalized spacial score (nSPS) is 14.8. The Morgan fingerprint density at radius 1 is 1.17 bits per heavy atom. The number of allylic oxidation sites excluding steroid dienone is 5. The van der Waals surface area contributed by atoms with Gasteiger partial charge in [-0.1, -0.05) is 6.08 Å². The molecule has 3 aromatic rings. The molecule has 0 bridgehead atoms. The van der Waals surface area contributed by atoms with Crippen molar-refractivity contribution >= 4 is 22.3 Å². The van der Waals surface area contributed by atoms with E-state index in [9.17, 15) is 18.0 Å². The molecule has 3 aromatic heterocycles. The molecule has 180 valence electrons. The van der Waals surface area contributed by atoms with Crippen molar-refractivity contribution in [2.24, 2.45) is 0 Å². The van der Waals surface area contributed by atoms with Crippen LogP contribution in [0.5, 0.6) is 11.8 Å². The number of hydrogen-bond donors (Lipinski definition) is 2. The molecule has 2 N–H and O–H groups in total. The highest BCUT2D eigenvalue weighted by atomic mass is 19.4. The van der Waals surface area contributed by atoms with Crippen LogP contribution in [0.2, 0.25) is 0 Å². The van der Waals surface area contributed by atoms with Gasteiger partial charge in [0.1, 0.15) is 0 Å². The van der Waals surface area contributed by atoms with Gasteiger partial charge < -0.3 is 20.2 Å². The van der Waals surface area contributed by atoms with E-state index in [1.807, 2.05) is 0 Å². The van der Waals surface area contributed by atoms with Crippen LogP contribution >= 0.6 is 0 Å². The summed E-state index contributed by atoms with van der Waals surface area (Å²) >= 11 is 0. The first-order chi connectivity index (χ1) is 16.7. The zero-order valence-electron chi connectivity index (χ0n) is 18.7. The highest BCUT2D eigenvalue weighted by Gasteiger charge is 2.31. The van der Waals surface area contributed by atoms with E-state index in [2.05, 4.69) is 20.0 Å². The summed E-state index contributed by atoms with van der Waals surface area (Å²) < 4.78 is 48.2. The smallest absolute Gasteiger partial charge is 0.478 e. The summed E-state index contributed by atoms with van der Waals surface area (Å²) in [6, 6.07) is 7.39. The molecule has 0 atom stereocenters. The number of alkyl halides is 3. The van der Waals surface area contributed by atoms with Gasteiger partial charge in [-0.15, -0.1) is 13.2 Å². The van der Waals surface area contributed by atoms with Crippen molar-refractivity contribution in [3.8, 4) is 17.4 Å². The van der Waals surface area contributed by atoms with Crippen LogP contribution in [0.25, 0.3) is 22.3 Å². The maximum absolute atomic E-state index is 13.7. The third-order valence-corrected chi connectivity index (χ3v) is 4.98. The minimum atomic E-state index is -4.89. The molecule has 0 saturated heterocycles. The molecule has 35 heavy (non-hydrogen) atoms. The maximum atomic E-state index is 13.7. The van der Waals surface area contributed by atoms with Crippen LogP contribution in [0.1, 0.15) is 12.5 Å². The van der Waals surface area contributed by atoms with Crippen LogP contribution in [0.3, 0.4) is 0 Å². The van der Waals surface area contributed by atoms with Crippen molar-refractivity contribution in [3.63, 3.8) is 0 Å². The van der Waals surface area contributed by atoms with Gasteiger partial charge in [0.25, 0.3) is 5.56 Å². The predicted octanol–water partition coefficient (Wildman–Crippen LogP) is 4.15. The van der Waals surface area contributed by atoms with Gasteiger partial charge in [-0.25, -0.2) is 4.98 Å². The van der Waals surface area contributed by atoms with Crippen molar-refractivity contribution < 1.29 is 22.6 Å². The molecular weight excluding hydrogens is 463 g/mol. The van der Waals surface area contributed by atoms with Gasteiger partial charge in [0.05, 0.1) is 24.2 Å². The number of aromatic nitrogens is 3. The quantitative estimate of drug-likeness (QED) is 0.546. The van der Waals surface area contributed by atoms with Gasteiger partial charge in [-0.05, 0) is 42.8 Å². The van der Waals surface area contributed by atoms with Crippen LogP contribution in [0, 0.1) is 5.41 Å². The lowest BCUT2D eigenvalue weighted by Gasteiger charge is -2.16. The summed E-state index contributed by atoms with van der Waals surface area (Å²) in [7, 11) is 1.70. The number of halogens is 3. The molecular formula is C24H20F3N5O3. The summed E-state index contributed by atoms with van der Waals surface area (Å²) in [5, 5.41) is 11.5. The number of pyridine rings is 3. The van der Waals surface area contributed by atoms with Crippen molar-refractivity contribution in [1.29, 1.82) is 5.41 Å². The Kier molecular flexibility index (Phi) is 6.41. The lowest BCUT2D eigenvalue weighted by atomic mass is 9.95. The highest BCUT2D eigenvalue weighted by molar-refractivity contribution is 6.13. The lowest BCUT2D eigenvalue weighted by molar-refractivity contribution is -0.276. The van der Waals surface area contributed by atoms with Crippen LogP contribution in [0.4, 0.5) is 13.2 Å². The molecule has 1 aliphatic rings. The predicted molar refractivity (Wildman–Crippen MR) is 125 cm³/mol. The fourth-order valence-electron chi connectivity index (χ4n) is 3.53. The largest absolute Gasteiger partial charge is 0.574 e. The van der Waals surface area contributed by atoms with E-state index in [1.54, 1.807) is 56.6 Å². The average Bonchev–Trinajstić information content (AvgIpc) is 2.80. The minimum absolute atomic E-state index is 0.191. The van der Waals surface area contributed by atoms with E-state index >= 15 is 0 Å². The topological polar surface area (TPSA) is 102 Å². The molecule has 0 aromatic carbocycles. The molecule has 4 rings (SSSR count). The first kappa shape index (κ1) is 23.7. The van der Waals surface area contributed by atoms with Crippen molar-refractivity contribution in [2.45, 2.75) is 13.3 Å². The molecule has 3 heterocycles. The van der Waals surface area contributed by atoms with Gasteiger partial charge >= 0.3 is 6.36 Å². The van der Waals surface area contributed by atoms with Crippen LogP contribution in [0.15, 0.2) is 71.3 Å². The Bertz CT molecular complexity index is 1440. The Morgan fingerprint density at radius 2 is 1.94 bits per heavy atom. The molecule has 1 aliphatic carbocycles.